The van der Waals surface area contributed by atoms with E-state index in [9.17, 15) is 24.6 Å². The molecule has 3 saturated heterocycles. The molecule has 5 rings (SSSR count). The number of halogens is 1. The molecule has 3 aliphatic heterocycles. The van der Waals surface area contributed by atoms with Crippen LogP contribution in [0.1, 0.15) is 81.1 Å². The van der Waals surface area contributed by atoms with Gasteiger partial charge in [0.15, 0.2) is 17.7 Å². The highest BCUT2D eigenvalue weighted by molar-refractivity contribution is 6.07. The molecule has 5 heterocycles. The monoisotopic (exact) mass is 848 g/mol. The number of ketones is 1. The first-order chi connectivity index (χ1) is 28.1. The Morgan fingerprint density at radius 2 is 1.73 bits per heavy atom. The number of carbonyl (C=O) groups is 3. The number of aryl methyl sites for hydroxylation is 1. The number of aliphatic hydroxyl groups excluding tert-OH is 2. The van der Waals surface area contributed by atoms with Crippen LogP contribution in [0.15, 0.2) is 24.4 Å². The standard InChI is InChI=1S/C41H65FN8O10/c1-12-28-41(8)33(50(38(55)60-41)19-14-13-18-49-21-27(46-47-49)26-16-15-17-29(43)45-26)24(4)44-22(2)20-39(6,56-11)35(23(3)34(53)40(7,42)37(54)58-28)59-36-32(52)30(48(9)10)31(51)25(5)57-36/h15-17,21-25,28,30-33,35-36,44,51-52H,12-14,18-20H2,1-11H3,(H2,43,45)/t22-,23+,24+,25-,28+,30+,31-,32-,33-,35-,36+,39+,40+,41-/m1/s1. The lowest BCUT2D eigenvalue weighted by molar-refractivity contribution is -0.313. The van der Waals surface area contributed by atoms with E-state index in [-0.39, 0.29) is 25.4 Å². The zero-order valence-electron chi connectivity index (χ0n) is 36.7. The average Bonchev–Trinajstić information content (AvgIpc) is 3.76. The molecule has 3 aliphatic rings. The van der Waals surface area contributed by atoms with Gasteiger partial charge in [0.25, 0.3) is 5.67 Å². The van der Waals surface area contributed by atoms with Crippen LogP contribution in [0.3, 0.4) is 0 Å². The summed E-state index contributed by atoms with van der Waals surface area (Å²) in [6.45, 7) is 13.6. The van der Waals surface area contributed by atoms with E-state index in [1.807, 2.05) is 13.8 Å². The smallest absolute Gasteiger partial charge is 0.410 e. The Morgan fingerprint density at radius 3 is 2.37 bits per heavy atom. The first-order valence-electron chi connectivity index (χ1n) is 20.8. The Morgan fingerprint density at radius 1 is 1.05 bits per heavy atom. The highest BCUT2D eigenvalue weighted by atomic mass is 19.1. The highest BCUT2D eigenvalue weighted by Gasteiger charge is 2.61. The van der Waals surface area contributed by atoms with Crippen LogP contribution in [0.2, 0.25) is 0 Å². The summed E-state index contributed by atoms with van der Waals surface area (Å²) in [7, 11) is 4.83. The Hall–Kier alpha value is -3.85. The summed E-state index contributed by atoms with van der Waals surface area (Å²) >= 11 is 0. The van der Waals surface area contributed by atoms with Crippen molar-refractivity contribution in [3.63, 3.8) is 0 Å². The predicted octanol–water partition coefficient (Wildman–Crippen LogP) is 2.49. The van der Waals surface area contributed by atoms with Crippen LogP contribution < -0.4 is 11.1 Å². The molecular formula is C41H65FN8O10. The summed E-state index contributed by atoms with van der Waals surface area (Å²) in [6, 6.07) is 2.88. The van der Waals surface area contributed by atoms with E-state index in [1.165, 1.54) is 14.0 Å². The molecule has 60 heavy (non-hydrogen) atoms. The summed E-state index contributed by atoms with van der Waals surface area (Å²) in [5.74, 6) is -3.55. The number of unbranched alkanes of at least 4 members (excludes halogenated alkanes) is 1. The number of nitrogens with one attached hydrogen (secondary N) is 1. The Kier molecular flexibility index (Phi) is 14.7. The fourth-order valence-corrected chi connectivity index (χ4v) is 9.36. The lowest BCUT2D eigenvalue weighted by Crippen LogP contribution is -2.65. The largest absolute Gasteiger partial charge is 0.455 e. The zero-order valence-corrected chi connectivity index (χ0v) is 36.7. The fourth-order valence-electron chi connectivity index (χ4n) is 9.36. The highest BCUT2D eigenvalue weighted by Crippen LogP contribution is 2.41. The minimum Gasteiger partial charge on any atom is -0.455 e. The molecule has 0 aliphatic carbocycles. The number of nitrogen functional groups attached to an aromatic ring is 1. The van der Waals surface area contributed by atoms with Gasteiger partial charge in [0.05, 0.1) is 47.9 Å². The number of hydrogen-bond donors (Lipinski definition) is 4. The number of fused-ring (bicyclic) bond motifs is 1. The summed E-state index contributed by atoms with van der Waals surface area (Å²) in [5, 5.41) is 34.3. The molecule has 0 saturated carbocycles. The molecule has 2 aromatic heterocycles. The maximum atomic E-state index is 16.9. The summed E-state index contributed by atoms with van der Waals surface area (Å²) in [4.78, 5) is 49.5. The molecular weight excluding hydrogens is 783 g/mol. The van der Waals surface area contributed by atoms with Crippen molar-refractivity contribution in [3.8, 4) is 11.4 Å². The molecule has 3 fully saturated rings. The van der Waals surface area contributed by atoms with Gasteiger partial charge in [-0.15, -0.1) is 5.10 Å². The van der Waals surface area contributed by atoms with Crippen LogP contribution in [0.25, 0.3) is 11.4 Å². The third-order valence-electron chi connectivity index (χ3n) is 12.5. The molecule has 2 aromatic rings. The number of anilines is 1. The van der Waals surface area contributed by atoms with E-state index < -0.39 is 95.6 Å². The van der Waals surface area contributed by atoms with Crippen LogP contribution in [-0.2, 0) is 39.8 Å². The molecule has 19 heteroatoms. The zero-order chi connectivity index (χ0) is 44.5. The number of likely N-dealkylation sites (N-methyl/N-ethyl adjacent to an activating group) is 1. The number of Topliss-reactive ketones (excluding diaryl/α,β-unsaturated/α-hetero) is 1. The summed E-state index contributed by atoms with van der Waals surface area (Å²) < 4.78 is 49.1. The molecule has 0 bridgehead atoms. The third-order valence-corrected chi connectivity index (χ3v) is 12.5. The quantitative estimate of drug-likeness (QED) is 0.145. The predicted molar refractivity (Wildman–Crippen MR) is 217 cm³/mol. The lowest BCUT2D eigenvalue weighted by Gasteiger charge is -2.48. The Bertz CT molecular complexity index is 1820. The van der Waals surface area contributed by atoms with Gasteiger partial charge < -0.3 is 49.8 Å². The van der Waals surface area contributed by atoms with Crippen molar-refractivity contribution >= 4 is 23.7 Å². The number of alkyl halides is 1. The van der Waals surface area contributed by atoms with Crippen molar-refractivity contribution in [1.29, 1.82) is 0 Å². The maximum Gasteiger partial charge on any atom is 0.410 e. The van der Waals surface area contributed by atoms with Crippen LogP contribution >= 0.6 is 0 Å². The molecule has 0 spiro atoms. The number of carbonyl (C=O) groups excluding carboxylic acids is 3. The van der Waals surface area contributed by atoms with Crippen LogP contribution in [-0.4, -0.2) is 163 Å². The second-order valence-electron chi connectivity index (χ2n) is 17.4. The van der Waals surface area contributed by atoms with Gasteiger partial charge in [-0.2, -0.15) is 0 Å². The number of nitrogens with two attached hydrogens (primary N) is 1. The summed E-state index contributed by atoms with van der Waals surface area (Å²) in [5.41, 5.74) is 1.02. The lowest BCUT2D eigenvalue weighted by atomic mass is 9.78. The van der Waals surface area contributed by atoms with Crippen LogP contribution in [0.5, 0.6) is 0 Å². The Labute approximate surface area is 351 Å². The molecule has 336 valence electrons. The minimum absolute atomic E-state index is 0.139. The van der Waals surface area contributed by atoms with E-state index in [1.54, 1.807) is 80.7 Å². The molecule has 1 amide bonds. The number of ether oxygens (including phenoxy) is 5. The van der Waals surface area contributed by atoms with Crippen molar-refractivity contribution in [2.24, 2.45) is 5.92 Å². The number of pyridine rings is 1. The number of rotatable bonds is 11. The van der Waals surface area contributed by atoms with Crippen LogP contribution in [0.4, 0.5) is 15.0 Å². The summed E-state index contributed by atoms with van der Waals surface area (Å²) in [6.07, 6.45) is -4.38. The van der Waals surface area contributed by atoms with Crippen molar-refractivity contribution in [3.05, 3.63) is 24.4 Å². The molecule has 14 atom stereocenters. The second-order valence-corrected chi connectivity index (χ2v) is 17.4. The molecule has 0 radical (unpaired) electrons. The van der Waals surface area contributed by atoms with E-state index >= 15 is 4.39 Å². The van der Waals surface area contributed by atoms with Crippen molar-refractivity contribution < 1.29 is 52.7 Å². The Balaban J connectivity index is 1.43. The van der Waals surface area contributed by atoms with E-state index in [0.717, 1.165) is 6.92 Å². The van der Waals surface area contributed by atoms with E-state index in [4.69, 9.17) is 29.4 Å². The van der Waals surface area contributed by atoms with E-state index in [0.29, 0.717) is 36.6 Å². The molecule has 0 aromatic carbocycles. The van der Waals surface area contributed by atoms with Gasteiger partial charge in [0, 0.05) is 38.2 Å². The van der Waals surface area contributed by atoms with Crippen molar-refractivity contribution in [2.75, 3.05) is 33.5 Å². The number of aromatic nitrogens is 4. The first kappa shape index (κ1) is 47.2. The van der Waals surface area contributed by atoms with Gasteiger partial charge in [-0.05, 0) is 93.5 Å². The van der Waals surface area contributed by atoms with E-state index in [2.05, 4.69) is 20.6 Å². The topological polar surface area (TPSA) is 226 Å². The van der Waals surface area contributed by atoms with Gasteiger partial charge >= 0.3 is 12.1 Å². The maximum absolute atomic E-state index is 16.9. The van der Waals surface area contributed by atoms with Gasteiger partial charge in [-0.3, -0.25) is 14.4 Å². The second kappa shape index (κ2) is 18.6. The number of esters is 1. The van der Waals surface area contributed by atoms with Gasteiger partial charge in [-0.25, -0.2) is 19.0 Å². The van der Waals surface area contributed by atoms with Crippen molar-refractivity contribution in [1.82, 2.24) is 35.1 Å². The van der Waals surface area contributed by atoms with Gasteiger partial charge in [-0.1, -0.05) is 25.1 Å². The number of cyclic esters (lactones) is 1. The van der Waals surface area contributed by atoms with Gasteiger partial charge in [0.1, 0.15) is 23.7 Å². The molecule has 18 nitrogen and oxygen atoms in total. The number of aliphatic hydroxyl groups is 2. The van der Waals surface area contributed by atoms with Crippen molar-refractivity contribution in [2.45, 2.75) is 165 Å². The number of methoxy groups -OCH3 is 1. The van der Waals surface area contributed by atoms with Crippen LogP contribution in [0, 0.1) is 5.92 Å². The third kappa shape index (κ3) is 9.46. The average molecular weight is 849 g/mol. The minimum atomic E-state index is -3.18. The molecule has 5 N–H and O–H groups in total. The number of nitrogens with zero attached hydrogens (tertiary/aromatic N) is 6. The normalized spacial score (nSPS) is 38.4. The number of amides is 1. The number of hydrogen-bond acceptors (Lipinski definition) is 16. The molecule has 0 unspecified atom stereocenters. The fraction of sp³-hybridized carbons (Fsp3) is 0.756. The first-order valence-corrected chi connectivity index (χ1v) is 20.8. The SMILES string of the molecule is CC[C@@H]1OC(=O)[C@@](C)(F)C(=O)[C@H](C)[C@@H](O[C@@H]2O[C@H](C)[C@@H](O)[C@H](N(C)C)[C@H]2O)[C@@](C)(OC)C[C@@H](C)N[C@@H](C)[C@H]2N(CCCCn3cc(-c4cccc(N)n4)nn3)C(=O)O[C@]12C. The van der Waals surface area contributed by atoms with Gasteiger partial charge in [0.2, 0.25) is 0 Å².